The van der Waals surface area contributed by atoms with Crippen molar-refractivity contribution in [2.45, 2.75) is 71.0 Å². The molecule has 7 aromatic rings. The fraction of sp³-hybridized carbons (Fsp3) is 0.333. The molecule has 0 bridgehead atoms. The minimum Gasteiger partial charge on any atom is -0.493 e. The number of piperidine rings is 1. The van der Waals surface area contributed by atoms with E-state index >= 15 is 0 Å². The second-order valence-electron chi connectivity index (χ2n) is 19.0. The Balaban J connectivity index is 0.728. The Bertz CT molecular complexity index is 3230. The zero-order valence-corrected chi connectivity index (χ0v) is 41.4. The van der Waals surface area contributed by atoms with Crippen molar-refractivity contribution in [3.8, 4) is 16.9 Å². The summed E-state index contributed by atoms with van der Waals surface area (Å²) < 4.78 is 9.04. The number of fused-ring (bicyclic) bond motifs is 3. The molecule has 370 valence electrons. The molecule has 0 radical (unpaired) electrons. The number of amides is 4. The van der Waals surface area contributed by atoms with Gasteiger partial charge < -0.3 is 25.0 Å². The van der Waals surface area contributed by atoms with Gasteiger partial charge in [0.25, 0.3) is 5.91 Å². The van der Waals surface area contributed by atoms with Crippen molar-refractivity contribution in [2.24, 2.45) is 7.05 Å². The van der Waals surface area contributed by atoms with Crippen LogP contribution in [0.1, 0.15) is 82.3 Å². The van der Waals surface area contributed by atoms with Gasteiger partial charge in [-0.1, -0.05) is 47.7 Å². The Kier molecular flexibility index (Phi) is 13.6. The fourth-order valence-corrected chi connectivity index (χ4v) is 11.4. The largest absolute Gasteiger partial charge is 0.493 e. The number of para-hydroxylation sites is 1. The summed E-state index contributed by atoms with van der Waals surface area (Å²) in [6.07, 6.45) is 2.12. The van der Waals surface area contributed by atoms with E-state index in [0.29, 0.717) is 71.7 Å². The predicted octanol–water partition coefficient (Wildman–Crippen LogP) is 7.39. The van der Waals surface area contributed by atoms with Crippen LogP contribution >= 0.6 is 11.3 Å². The highest BCUT2D eigenvalue weighted by molar-refractivity contribution is 7.22. The van der Waals surface area contributed by atoms with Crippen LogP contribution in [0.25, 0.3) is 32.2 Å². The molecule has 6 heterocycles. The zero-order chi connectivity index (χ0) is 50.2. The molecule has 10 rings (SSSR count). The SMILES string of the molecule is Cc1c(OCCCN2CC(C)N(CC(=O)Nc3ccc4c(C5CCC(=O)NC5=O)nn(C)c4c3)C(C)C2)cccc1-c1ccc(N2CCc3cccc(C(=O)Nc4nc5ccccc5s4)c3C2)nc1C(=O)O. The standard InChI is InChI=1S/C54H56N10O7S/c1-31-27-62(28-32(2)64(31)30-48(66)55-35-16-17-39-43(26-35)61(4)60-49(39)40-19-21-47(65)58-52(40)68)23-9-25-71-44-14-8-11-36(33(44)3)37-18-20-46(57-50(37)53(69)70)63-24-22-34-10-7-12-38(41(34)29-63)51(67)59-54-56-42-13-5-6-15-45(42)72-54/h5-8,10-18,20,26,31-32,40H,9,19,21-25,27-30H2,1-4H3,(H,55,66)(H,69,70)(H,56,59,67)(H,58,65,68). The Hall–Kier alpha value is -7.54. The molecule has 3 aromatic heterocycles. The first-order valence-corrected chi connectivity index (χ1v) is 25.2. The number of aromatic carboxylic acids is 1. The number of hydrogen-bond donors (Lipinski definition) is 4. The Morgan fingerprint density at radius 2 is 1.71 bits per heavy atom. The lowest BCUT2D eigenvalue weighted by Gasteiger charge is -2.44. The van der Waals surface area contributed by atoms with Crippen molar-refractivity contribution in [3.63, 3.8) is 0 Å². The number of nitrogens with zero attached hydrogens (tertiary/aromatic N) is 7. The van der Waals surface area contributed by atoms with Crippen LogP contribution in [0.2, 0.25) is 0 Å². The van der Waals surface area contributed by atoms with Gasteiger partial charge in [0.15, 0.2) is 10.8 Å². The molecular weight excluding hydrogens is 933 g/mol. The normalized spacial score (nSPS) is 18.5. The van der Waals surface area contributed by atoms with Crippen molar-refractivity contribution in [3.05, 3.63) is 125 Å². The molecule has 18 heteroatoms. The van der Waals surface area contributed by atoms with Crippen LogP contribution in [0.5, 0.6) is 5.75 Å². The maximum atomic E-state index is 13.6. The van der Waals surface area contributed by atoms with E-state index in [0.717, 1.165) is 69.4 Å². The number of anilines is 3. The number of ether oxygens (including phenoxy) is 1. The number of pyridine rings is 1. The molecule has 17 nitrogen and oxygen atoms in total. The third kappa shape index (κ3) is 9.89. The number of nitrogens with one attached hydrogen (secondary N) is 3. The van der Waals surface area contributed by atoms with Gasteiger partial charge >= 0.3 is 5.97 Å². The average molecular weight is 989 g/mol. The number of carboxylic acid groups (broad SMARTS) is 1. The van der Waals surface area contributed by atoms with Gasteiger partial charge in [-0.2, -0.15) is 5.10 Å². The van der Waals surface area contributed by atoms with Gasteiger partial charge in [-0.3, -0.25) is 39.4 Å². The number of aromatic nitrogens is 4. The lowest BCUT2D eigenvalue weighted by molar-refractivity contribution is -0.134. The number of thiazole rings is 1. The van der Waals surface area contributed by atoms with Crippen LogP contribution in [0.4, 0.5) is 16.6 Å². The van der Waals surface area contributed by atoms with E-state index in [9.17, 15) is 29.1 Å². The van der Waals surface area contributed by atoms with Gasteiger partial charge in [0.1, 0.15) is 11.6 Å². The molecule has 0 aliphatic carbocycles. The highest BCUT2D eigenvalue weighted by Gasteiger charge is 2.33. The van der Waals surface area contributed by atoms with E-state index in [4.69, 9.17) is 9.72 Å². The number of aryl methyl sites for hydroxylation is 1. The number of carbonyl (C=O) groups is 5. The summed E-state index contributed by atoms with van der Waals surface area (Å²) in [5.74, 6) is -1.42. The van der Waals surface area contributed by atoms with Crippen LogP contribution in [-0.2, 0) is 34.4 Å². The Morgan fingerprint density at radius 1 is 0.903 bits per heavy atom. The van der Waals surface area contributed by atoms with E-state index in [1.54, 1.807) is 11.7 Å². The maximum absolute atomic E-state index is 13.6. The number of carboxylic acids is 1. The van der Waals surface area contributed by atoms with Crippen molar-refractivity contribution in [1.29, 1.82) is 0 Å². The summed E-state index contributed by atoms with van der Waals surface area (Å²) in [6, 6.07) is 28.6. The molecule has 4 N–H and O–H groups in total. The second-order valence-corrected chi connectivity index (χ2v) is 20.0. The van der Waals surface area contributed by atoms with Crippen molar-refractivity contribution < 1.29 is 33.8 Å². The van der Waals surface area contributed by atoms with Crippen molar-refractivity contribution >= 4 is 78.7 Å². The fourth-order valence-electron chi connectivity index (χ4n) is 10.5. The van der Waals surface area contributed by atoms with Crippen LogP contribution in [0.15, 0.2) is 91.0 Å². The van der Waals surface area contributed by atoms with Gasteiger partial charge in [-0.05, 0) is 117 Å². The first-order chi connectivity index (χ1) is 34.8. The molecule has 4 amide bonds. The highest BCUT2D eigenvalue weighted by Crippen LogP contribution is 2.36. The summed E-state index contributed by atoms with van der Waals surface area (Å²) in [4.78, 5) is 80.1. The third-order valence-corrected chi connectivity index (χ3v) is 15.1. The van der Waals surface area contributed by atoms with E-state index in [1.807, 2.05) is 103 Å². The van der Waals surface area contributed by atoms with Crippen molar-refractivity contribution in [2.75, 3.05) is 54.9 Å². The van der Waals surface area contributed by atoms with Crippen LogP contribution in [0.3, 0.4) is 0 Å². The molecule has 2 saturated heterocycles. The molecule has 0 saturated carbocycles. The summed E-state index contributed by atoms with van der Waals surface area (Å²) in [6.45, 7) is 10.3. The van der Waals surface area contributed by atoms with E-state index in [2.05, 4.69) is 49.7 Å². The molecule has 4 aromatic carbocycles. The van der Waals surface area contributed by atoms with Crippen molar-refractivity contribution in [1.82, 2.24) is 34.9 Å². The average Bonchev–Trinajstić information content (AvgIpc) is 3.93. The lowest BCUT2D eigenvalue weighted by atomic mass is 9.93. The first-order valence-electron chi connectivity index (χ1n) is 24.4. The Morgan fingerprint density at radius 3 is 2.50 bits per heavy atom. The third-order valence-electron chi connectivity index (χ3n) is 14.1. The number of hydrogen-bond acceptors (Lipinski definition) is 13. The smallest absolute Gasteiger partial charge is 0.355 e. The molecule has 3 atom stereocenters. The summed E-state index contributed by atoms with van der Waals surface area (Å²) >= 11 is 1.42. The molecule has 2 fully saturated rings. The topological polar surface area (TPSA) is 204 Å². The number of rotatable bonds is 14. The van der Waals surface area contributed by atoms with Gasteiger partial charge in [0.2, 0.25) is 17.7 Å². The summed E-state index contributed by atoms with van der Waals surface area (Å²) in [7, 11) is 1.80. The quantitative estimate of drug-likeness (QED) is 0.0621. The van der Waals surface area contributed by atoms with E-state index in [-0.39, 0.29) is 54.4 Å². The molecule has 0 spiro atoms. The molecule has 3 aliphatic rings. The number of benzene rings is 4. The first kappa shape index (κ1) is 48.1. The van der Waals surface area contributed by atoms with Gasteiger partial charge in [-0.15, -0.1) is 0 Å². The highest BCUT2D eigenvalue weighted by atomic mass is 32.1. The number of carbonyl (C=O) groups excluding carboxylic acids is 4. The number of piperazine rings is 1. The van der Waals surface area contributed by atoms with Crippen LogP contribution < -0.4 is 25.6 Å². The Labute approximate surface area is 420 Å². The zero-order valence-electron chi connectivity index (χ0n) is 40.6. The van der Waals surface area contributed by atoms with Gasteiger partial charge in [0, 0.05) is 80.5 Å². The number of imide groups is 1. The molecule has 3 unspecified atom stereocenters. The molecular formula is C54H56N10O7S. The van der Waals surface area contributed by atoms with Crippen LogP contribution in [0, 0.1) is 6.92 Å². The molecule has 3 aliphatic heterocycles. The predicted molar refractivity (Wildman–Crippen MR) is 277 cm³/mol. The van der Waals surface area contributed by atoms with E-state index < -0.39 is 11.9 Å². The summed E-state index contributed by atoms with van der Waals surface area (Å²) in [5, 5.41) is 24.9. The monoisotopic (exact) mass is 988 g/mol. The van der Waals surface area contributed by atoms with Gasteiger partial charge in [0.05, 0.1) is 40.5 Å². The van der Waals surface area contributed by atoms with Crippen LogP contribution in [-0.4, -0.2) is 116 Å². The molecule has 72 heavy (non-hydrogen) atoms. The van der Waals surface area contributed by atoms with E-state index in [1.165, 1.54) is 11.3 Å². The maximum Gasteiger partial charge on any atom is 0.355 e. The van der Waals surface area contributed by atoms with Gasteiger partial charge in [-0.25, -0.2) is 14.8 Å². The lowest BCUT2D eigenvalue weighted by Crippen LogP contribution is -2.58. The minimum atomic E-state index is -1.14. The summed E-state index contributed by atoms with van der Waals surface area (Å²) in [5.41, 5.74) is 7.34. The second kappa shape index (κ2) is 20.3. The minimum absolute atomic E-state index is 0.0615.